The number of carbonyl (C=O) groups excluding carboxylic acids is 2. The second kappa shape index (κ2) is 6.80. The monoisotopic (exact) mass is 344 g/mol. The van der Waals surface area contributed by atoms with Crippen LogP contribution in [0.5, 0.6) is 5.75 Å². The molecule has 2 amide bonds. The fourth-order valence-corrected chi connectivity index (χ4v) is 2.93. The highest BCUT2D eigenvalue weighted by Gasteiger charge is 2.36. The van der Waals surface area contributed by atoms with Crippen LogP contribution < -0.4 is 9.64 Å². The van der Waals surface area contributed by atoms with Crippen molar-refractivity contribution in [2.45, 2.75) is 6.42 Å². The number of amides is 2. The summed E-state index contributed by atoms with van der Waals surface area (Å²) in [6, 6.07) is 19.6. The van der Waals surface area contributed by atoms with Crippen LogP contribution >= 0.6 is 0 Å². The minimum Gasteiger partial charge on any atom is -0.493 e. The van der Waals surface area contributed by atoms with E-state index >= 15 is 0 Å². The van der Waals surface area contributed by atoms with Crippen molar-refractivity contribution in [3.63, 3.8) is 0 Å². The number of benzene rings is 2. The van der Waals surface area contributed by atoms with Gasteiger partial charge in [-0.3, -0.25) is 14.6 Å². The Morgan fingerprint density at radius 2 is 1.46 bits per heavy atom. The second-order valence-electron chi connectivity index (χ2n) is 5.90. The average Bonchev–Trinajstić information content (AvgIpc) is 2.94. The number of aromatic nitrogens is 1. The van der Waals surface area contributed by atoms with Crippen LogP contribution in [-0.2, 0) is 6.42 Å². The number of rotatable bonds is 5. The van der Waals surface area contributed by atoms with Crippen molar-refractivity contribution in [3.8, 4) is 5.75 Å². The third-order valence-corrected chi connectivity index (χ3v) is 4.24. The Balaban J connectivity index is 1.44. The van der Waals surface area contributed by atoms with Gasteiger partial charge in [-0.1, -0.05) is 18.2 Å². The predicted octanol–water partition coefficient (Wildman–Crippen LogP) is 3.50. The molecule has 5 nitrogen and oxygen atoms in total. The highest BCUT2D eigenvalue weighted by Crippen LogP contribution is 2.29. The quantitative estimate of drug-likeness (QED) is 0.665. The Morgan fingerprint density at radius 1 is 0.808 bits per heavy atom. The molecule has 128 valence electrons. The summed E-state index contributed by atoms with van der Waals surface area (Å²) >= 11 is 0. The summed E-state index contributed by atoms with van der Waals surface area (Å²) in [5.41, 5.74) is 2.38. The van der Waals surface area contributed by atoms with Crippen LogP contribution in [0.3, 0.4) is 0 Å². The van der Waals surface area contributed by atoms with Gasteiger partial charge in [-0.2, -0.15) is 0 Å². The van der Waals surface area contributed by atoms with E-state index in [1.807, 2.05) is 18.2 Å². The summed E-state index contributed by atoms with van der Waals surface area (Å²) in [7, 11) is 0. The lowest BCUT2D eigenvalue weighted by Crippen LogP contribution is -2.29. The first kappa shape index (κ1) is 16.0. The van der Waals surface area contributed by atoms with E-state index in [-0.39, 0.29) is 11.8 Å². The third kappa shape index (κ3) is 2.95. The van der Waals surface area contributed by atoms with Crippen LogP contribution in [0.15, 0.2) is 72.9 Å². The topological polar surface area (TPSA) is 59.5 Å². The Bertz CT molecular complexity index is 918. The van der Waals surface area contributed by atoms with Crippen molar-refractivity contribution in [2.24, 2.45) is 0 Å². The van der Waals surface area contributed by atoms with E-state index in [0.29, 0.717) is 35.6 Å². The summed E-state index contributed by atoms with van der Waals surface area (Å²) in [4.78, 5) is 30.4. The first-order chi connectivity index (χ1) is 12.7. The highest BCUT2D eigenvalue weighted by molar-refractivity contribution is 6.34. The van der Waals surface area contributed by atoms with Crippen molar-refractivity contribution < 1.29 is 14.3 Å². The van der Waals surface area contributed by atoms with Gasteiger partial charge < -0.3 is 4.74 Å². The summed E-state index contributed by atoms with van der Waals surface area (Å²) < 4.78 is 5.71. The molecule has 0 bridgehead atoms. The van der Waals surface area contributed by atoms with E-state index in [9.17, 15) is 9.59 Å². The summed E-state index contributed by atoms with van der Waals surface area (Å²) in [5, 5.41) is 0. The molecular weight excluding hydrogens is 328 g/mol. The number of imide groups is 1. The van der Waals surface area contributed by atoms with E-state index < -0.39 is 0 Å². The molecule has 0 aliphatic carbocycles. The Hall–Kier alpha value is -3.47. The van der Waals surface area contributed by atoms with Crippen molar-refractivity contribution in [2.75, 3.05) is 11.5 Å². The number of hydrogen-bond donors (Lipinski definition) is 0. The molecule has 0 radical (unpaired) electrons. The van der Waals surface area contributed by atoms with Gasteiger partial charge in [-0.15, -0.1) is 0 Å². The lowest BCUT2D eigenvalue weighted by atomic mass is 10.1. The van der Waals surface area contributed by atoms with Gasteiger partial charge in [0.25, 0.3) is 11.8 Å². The first-order valence-electron chi connectivity index (χ1n) is 8.34. The minimum absolute atomic E-state index is 0.297. The minimum atomic E-state index is -0.297. The molecule has 1 aliphatic heterocycles. The van der Waals surface area contributed by atoms with Crippen molar-refractivity contribution >= 4 is 17.5 Å². The molecule has 0 saturated carbocycles. The normalized spacial score (nSPS) is 13.0. The van der Waals surface area contributed by atoms with Crippen molar-refractivity contribution in [3.05, 3.63) is 89.7 Å². The Kier molecular flexibility index (Phi) is 4.19. The van der Waals surface area contributed by atoms with E-state index in [0.717, 1.165) is 5.69 Å². The van der Waals surface area contributed by atoms with Crippen LogP contribution in [-0.4, -0.2) is 23.4 Å². The molecule has 0 unspecified atom stereocenters. The zero-order valence-electron chi connectivity index (χ0n) is 14.0. The number of hydrogen-bond acceptors (Lipinski definition) is 4. The van der Waals surface area contributed by atoms with Crippen LogP contribution in [0.4, 0.5) is 5.69 Å². The van der Waals surface area contributed by atoms with Gasteiger partial charge in [0, 0.05) is 18.3 Å². The van der Waals surface area contributed by atoms with Crippen molar-refractivity contribution in [1.29, 1.82) is 0 Å². The molecule has 4 rings (SSSR count). The Morgan fingerprint density at radius 3 is 2.08 bits per heavy atom. The first-order valence-corrected chi connectivity index (χ1v) is 8.34. The maximum atomic E-state index is 12.5. The van der Waals surface area contributed by atoms with Gasteiger partial charge in [-0.25, -0.2) is 4.90 Å². The molecule has 0 spiro atoms. The molecule has 1 aliphatic rings. The predicted molar refractivity (Wildman–Crippen MR) is 97.5 cm³/mol. The van der Waals surface area contributed by atoms with Gasteiger partial charge in [0.1, 0.15) is 5.75 Å². The van der Waals surface area contributed by atoms with Gasteiger partial charge in [-0.05, 0) is 48.5 Å². The van der Waals surface area contributed by atoms with Gasteiger partial charge >= 0.3 is 0 Å². The molecule has 2 aromatic carbocycles. The molecule has 0 N–H and O–H groups in total. The number of nitrogens with zero attached hydrogens (tertiary/aromatic N) is 2. The molecule has 2 heterocycles. The van der Waals surface area contributed by atoms with Crippen LogP contribution in [0.25, 0.3) is 0 Å². The Labute approximate surface area is 150 Å². The molecule has 0 saturated heterocycles. The van der Waals surface area contributed by atoms with Gasteiger partial charge in [0.15, 0.2) is 0 Å². The molecular formula is C21H16N2O3. The van der Waals surface area contributed by atoms with E-state index in [1.54, 1.807) is 54.7 Å². The molecule has 0 fully saturated rings. The van der Waals surface area contributed by atoms with E-state index in [2.05, 4.69) is 4.98 Å². The molecule has 0 atom stereocenters. The fraction of sp³-hybridized carbons (Fsp3) is 0.0952. The van der Waals surface area contributed by atoms with E-state index in [4.69, 9.17) is 4.74 Å². The van der Waals surface area contributed by atoms with Gasteiger partial charge in [0.2, 0.25) is 0 Å². The van der Waals surface area contributed by atoms with Crippen LogP contribution in [0.2, 0.25) is 0 Å². The van der Waals surface area contributed by atoms with Crippen LogP contribution in [0.1, 0.15) is 26.4 Å². The largest absolute Gasteiger partial charge is 0.493 e. The molecule has 5 heteroatoms. The van der Waals surface area contributed by atoms with Crippen molar-refractivity contribution in [1.82, 2.24) is 4.98 Å². The molecule has 26 heavy (non-hydrogen) atoms. The fourth-order valence-electron chi connectivity index (χ4n) is 2.93. The number of pyridine rings is 1. The lowest BCUT2D eigenvalue weighted by Gasteiger charge is -2.14. The average molecular weight is 344 g/mol. The summed E-state index contributed by atoms with van der Waals surface area (Å²) in [6.45, 7) is 0.503. The third-order valence-electron chi connectivity index (χ3n) is 4.24. The smallest absolute Gasteiger partial charge is 0.266 e. The maximum Gasteiger partial charge on any atom is 0.266 e. The zero-order valence-corrected chi connectivity index (χ0v) is 14.0. The second-order valence-corrected chi connectivity index (χ2v) is 5.90. The molecule has 1 aromatic heterocycles. The SMILES string of the molecule is O=C1c2ccccc2C(=O)N1c1ccc(OCCc2ccccn2)cc1. The van der Waals surface area contributed by atoms with E-state index in [1.165, 1.54) is 4.90 Å². The number of ether oxygens (including phenoxy) is 1. The van der Waals surface area contributed by atoms with Gasteiger partial charge in [0.05, 0.1) is 23.4 Å². The van der Waals surface area contributed by atoms with Crippen LogP contribution in [0, 0.1) is 0 Å². The number of carbonyl (C=O) groups is 2. The summed E-state index contributed by atoms with van der Waals surface area (Å²) in [6.07, 6.45) is 2.47. The zero-order chi connectivity index (χ0) is 17.9. The molecule has 3 aromatic rings. The lowest BCUT2D eigenvalue weighted by molar-refractivity contribution is 0.0926. The number of anilines is 1. The summed E-state index contributed by atoms with van der Waals surface area (Å²) in [5.74, 6) is 0.0881. The maximum absolute atomic E-state index is 12.5. The standard InChI is InChI=1S/C21H16N2O3/c24-20-18-6-1-2-7-19(18)21(25)23(20)16-8-10-17(11-9-16)26-14-12-15-5-3-4-13-22-15/h1-11,13H,12,14H2. The number of fused-ring (bicyclic) bond motifs is 1. The highest BCUT2D eigenvalue weighted by atomic mass is 16.5.